The summed E-state index contributed by atoms with van der Waals surface area (Å²) in [5.41, 5.74) is 0.314. The van der Waals surface area contributed by atoms with Crippen LogP contribution < -0.4 is 0 Å². The summed E-state index contributed by atoms with van der Waals surface area (Å²) in [5, 5.41) is 8.82. The molecule has 1 heterocycles. The van der Waals surface area contributed by atoms with Crippen LogP contribution in [0.15, 0.2) is 18.2 Å². The topological polar surface area (TPSA) is 60.9 Å². The molecule has 126 valence electrons. The predicted molar refractivity (Wildman–Crippen MR) is 79.6 cm³/mol. The van der Waals surface area contributed by atoms with E-state index in [0.717, 1.165) is 6.07 Å². The Labute approximate surface area is 133 Å². The van der Waals surface area contributed by atoms with E-state index in [1.165, 1.54) is 17.0 Å². The molecule has 1 atom stereocenters. The standard InChI is InChI=1S/C16H20F2N2O3/c1-11(13-3-2-12(17)9-14(13)18)8-15(22)19-4-6-20(7-5-19)16(23)10-21/h2-3,9,11,21H,4-8,10H2,1H3. The number of carbonyl (C=O) groups excluding carboxylic acids is 2. The minimum absolute atomic E-state index is 0.122. The molecule has 1 fully saturated rings. The minimum atomic E-state index is -0.649. The summed E-state index contributed by atoms with van der Waals surface area (Å²) in [4.78, 5) is 26.8. The number of benzene rings is 1. The van der Waals surface area contributed by atoms with Crippen molar-refractivity contribution in [2.75, 3.05) is 32.8 Å². The molecule has 2 rings (SSSR count). The van der Waals surface area contributed by atoms with E-state index in [1.54, 1.807) is 11.8 Å². The van der Waals surface area contributed by atoms with E-state index in [0.29, 0.717) is 31.7 Å². The van der Waals surface area contributed by atoms with Crippen molar-refractivity contribution in [3.63, 3.8) is 0 Å². The monoisotopic (exact) mass is 326 g/mol. The van der Waals surface area contributed by atoms with Gasteiger partial charge < -0.3 is 14.9 Å². The van der Waals surface area contributed by atoms with Gasteiger partial charge in [-0.1, -0.05) is 13.0 Å². The fourth-order valence-electron chi connectivity index (χ4n) is 2.71. The third-order valence-electron chi connectivity index (χ3n) is 4.09. The molecule has 1 saturated heterocycles. The number of hydrogen-bond donors (Lipinski definition) is 1. The highest BCUT2D eigenvalue weighted by Crippen LogP contribution is 2.23. The number of rotatable bonds is 4. The fraction of sp³-hybridized carbons (Fsp3) is 0.500. The van der Waals surface area contributed by atoms with Crippen LogP contribution in [0.4, 0.5) is 8.78 Å². The highest BCUT2D eigenvalue weighted by Gasteiger charge is 2.25. The Morgan fingerprint density at radius 1 is 1.13 bits per heavy atom. The summed E-state index contributed by atoms with van der Waals surface area (Å²) in [6.45, 7) is 2.73. The normalized spacial score (nSPS) is 16.3. The van der Waals surface area contributed by atoms with Crippen molar-refractivity contribution >= 4 is 11.8 Å². The Hall–Kier alpha value is -2.02. The van der Waals surface area contributed by atoms with Gasteiger partial charge in [-0.05, 0) is 17.5 Å². The van der Waals surface area contributed by atoms with Crippen molar-refractivity contribution in [3.05, 3.63) is 35.4 Å². The summed E-state index contributed by atoms with van der Waals surface area (Å²) < 4.78 is 26.7. The van der Waals surface area contributed by atoms with Crippen molar-refractivity contribution in [2.24, 2.45) is 0 Å². The molecule has 1 aliphatic rings. The maximum absolute atomic E-state index is 13.7. The molecule has 0 aliphatic carbocycles. The van der Waals surface area contributed by atoms with Crippen LogP contribution >= 0.6 is 0 Å². The van der Waals surface area contributed by atoms with E-state index in [2.05, 4.69) is 0 Å². The number of carbonyl (C=O) groups is 2. The van der Waals surface area contributed by atoms with Gasteiger partial charge in [0, 0.05) is 38.7 Å². The van der Waals surface area contributed by atoms with Crippen molar-refractivity contribution < 1.29 is 23.5 Å². The minimum Gasteiger partial charge on any atom is -0.387 e. The van der Waals surface area contributed by atoms with E-state index in [-0.39, 0.29) is 24.2 Å². The summed E-state index contributed by atoms with van der Waals surface area (Å²) >= 11 is 0. The summed E-state index contributed by atoms with van der Waals surface area (Å²) in [5.74, 6) is -2.13. The molecule has 0 saturated carbocycles. The van der Waals surface area contributed by atoms with Gasteiger partial charge in [-0.25, -0.2) is 8.78 Å². The van der Waals surface area contributed by atoms with Crippen LogP contribution in [0.1, 0.15) is 24.8 Å². The average Bonchev–Trinajstić information content (AvgIpc) is 2.54. The van der Waals surface area contributed by atoms with Gasteiger partial charge >= 0.3 is 0 Å². The Balaban J connectivity index is 1.91. The molecular weight excluding hydrogens is 306 g/mol. The average molecular weight is 326 g/mol. The molecule has 0 aromatic heterocycles. The molecule has 0 bridgehead atoms. The highest BCUT2D eigenvalue weighted by molar-refractivity contribution is 5.79. The van der Waals surface area contributed by atoms with E-state index in [1.807, 2.05) is 0 Å². The molecule has 2 amide bonds. The first kappa shape index (κ1) is 17.3. The molecule has 1 unspecified atom stereocenters. The Morgan fingerprint density at radius 3 is 2.22 bits per heavy atom. The molecule has 1 N–H and O–H groups in total. The summed E-state index contributed by atoms with van der Waals surface area (Å²) in [6.07, 6.45) is 0.122. The number of halogens is 2. The SMILES string of the molecule is CC(CC(=O)N1CCN(C(=O)CO)CC1)c1ccc(F)cc1F. The van der Waals surface area contributed by atoms with Crippen molar-refractivity contribution in [1.29, 1.82) is 0 Å². The highest BCUT2D eigenvalue weighted by atomic mass is 19.1. The van der Waals surface area contributed by atoms with Gasteiger partial charge in [0.2, 0.25) is 11.8 Å². The van der Waals surface area contributed by atoms with Crippen LogP contribution in [0.25, 0.3) is 0 Å². The van der Waals surface area contributed by atoms with Gasteiger partial charge in [-0.2, -0.15) is 0 Å². The predicted octanol–water partition coefficient (Wildman–Crippen LogP) is 1.12. The van der Waals surface area contributed by atoms with Gasteiger partial charge in [0.25, 0.3) is 0 Å². The van der Waals surface area contributed by atoms with E-state index >= 15 is 0 Å². The maximum atomic E-state index is 13.7. The maximum Gasteiger partial charge on any atom is 0.248 e. The van der Waals surface area contributed by atoms with E-state index in [9.17, 15) is 18.4 Å². The zero-order valence-electron chi connectivity index (χ0n) is 13.0. The van der Waals surface area contributed by atoms with Gasteiger partial charge in [0.15, 0.2) is 0 Å². The number of nitrogens with zero attached hydrogens (tertiary/aromatic N) is 2. The largest absolute Gasteiger partial charge is 0.387 e. The lowest BCUT2D eigenvalue weighted by Crippen LogP contribution is -2.51. The smallest absolute Gasteiger partial charge is 0.248 e. The lowest BCUT2D eigenvalue weighted by atomic mass is 9.96. The lowest BCUT2D eigenvalue weighted by molar-refractivity contribution is -0.141. The number of piperazine rings is 1. The quantitative estimate of drug-likeness (QED) is 0.902. The molecule has 0 radical (unpaired) electrons. The number of aliphatic hydroxyl groups is 1. The van der Waals surface area contributed by atoms with Crippen LogP contribution in [0.3, 0.4) is 0 Å². The Morgan fingerprint density at radius 2 is 1.70 bits per heavy atom. The van der Waals surface area contributed by atoms with Gasteiger partial charge in [-0.15, -0.1) is 0 Å². The first-order chi connectivity index (χ1) is 10.9. The lowest BCUT2D eigenvalue weighted by Gasteiger charge is -2.35. The number of hydrogen-bond acceptors (Lipinski definition) is 3. The second-order valence-electron chi connectivity index (χ2n) is 5.69. The molecule has 7 heteroatoms. The first-order valence-corrected chi connectivity index (χ1v) is 7.53. The van der Waals surface area contributed by atoms with Crippen molar-refractivity contribution in [2.45, 2.75) is 19.3 Å². The summed E-state index contributed by atoms with van der Waals surface area (Å²) in [7, 11) is 0. The zero-order chi connectivity index (χ0) is 17.0. The molecule has 1 aromatic carbocycles. The van der Waals surface area contributed by atoms with E-state index < -0.39 is 18.2 Å². The first-order valence-electron chi connectivity index (χ1n) is 7.53. The van der Waals surface area contributed by atoms with Crippen molar-refractivity contribution in [1.82, 2.24) is 9.80 Å². The third kappa shape index (κ3) is 4.25. The second-order valence-corrected chi connectivity index (χ2v) is 5.69. The molecule has 5 nitrogen and oxygen atoms in total. The number of amides is 2. The molecule has 1 aromatic rings. The van der Waals surface area contributed by atoms with Gasteiger partial charge in [0.05, 0.1) is 0 Å². The summed E-state index contributed by atoms with van der Waals surface area (Å²) in [6, 6.07) is 3.36. The Kier molecular flexibility index (Phi) is 5.65. The van der Waals surface area contributed by atoms with Gasteiger partial charge in [0.1, 0.15) is 18.2 Å². The zero-order valence-corrected chi connectivity index (χ0v) is 13.0. The van der Waals surface area contributed by atoms with Crippen LogP contribution in [0, 0.1) is 11.6 Å². The van der Waals surface area contributed by atoms with Crippen molar-refractivity contribution in [3.8, 4) is 0 Å². The Bertz CT molecular complexity index is 587. The third-order valence-corrected chi connectivity index (χ3v) is 4.09. The van der Waals surface area contributed by atoms with Crippen LogP contribution in [-0.2, 0) is 9.59 Å². The molecule has 23 heavy (non-hydrogen) atoms. The van der Waals surface area contributed by atoms with Crippen LogP contribution in [0.2, 0.25) is 0 Å². The molecule has 1 aliphatic heterocycles. The fourth-order valence-corrected chi connectivity index (χ4v) is 2.71. The van der Waals surface area contributed by atoms with Crippen LogP contribution in [0.5, 0.6) is 0 Å². The number of aliphatic hydroxyl groups excluding tert-OH is 1. The van der Waals surface area contributed by atoms with Gasteiger partial charge in [-0.3, -0.25) is 9.59 Å². The molecule has 0 spiro atoms. The van der Waals surface area contributed by atoms with E-state index in [4.69, 9.17) is 5.11 Å². The van der Waals surface area contributed by atoms with Crippen LogP contribution in [-0.4, -0.2) is 59.5 Å². The second kappa shape index (κ2) is 7.50. The molecular formula is C16H20F2N2O3.